The van der Waals surface area contributed by atoms with Gasteiger partial charge in [-0.1, -0.05) is 41.4 Å². The van der Waals surface area contributed by atoms with Crippen LogP contribution in [0.2, 0.25) is 10.0 Å². The van der Waals surface area contributed by atoms with E-state index < -0.39 is 15.9 Å². The first-order valence-electron chi connectivity index (χ1n) is 8.63. The van der Waals surface area contributed by atoms with Crippen LogP contribution in [-0.2, 0) is 10.0 Å². The second-order valence-corrected chi connectivity index (χ2v) is 9.00. The number of nitrogens with one attached hydrogen (secondary N) is 2. The first-order valence-corrected chi connectivity index (χ1v) is 10.9. The van der Waals surface area contributed by atoms with Gasteiger partial charge in [0.1, 0.15) is 0 Å². The van der Waals surface area contributed by atoms with Gasteiger partial charge in [-0.05, 0) is 67.4 Å². The molecule has 5 nitrogen and oxygen atoms in total. The fourth-order valence-corrected chi connectivity index (χ4v) is 4.16. The van der Waals surface area contributed by atoms with Crippen LogP contribution < -0.4 is 10.0 Å². The number of anilines is 2. The Morgan fingerprint density at radius 2 is 1.52 bits per heavy atom. The summed E-state index contributed by atoms with van der Waals surface area (Å²) in [4.78, 5) is 12.8. The maximum absolute atomic E-state index is 12.8. The van der Waals surface area contributed by atoms with Crippen LogP contribution in [0, 0.1) is 13.8 Å². The van der Waals surface area contributed by atoms with Crippen LogP contribution in [0.3, 0.4) is 0 Å². The van der Waals surface area contributed by atoms with Crippen LogP contribution in [-0.4, -0.2) is 14.3 Å². The van der Waals surface area contributed by atoms with Gasteiger partial charge < -0.3 is 5.32 Å². The van der Waals surface area contributed by atoms with Gasteiger partial charge in [0.15, 0.2) is 0 Å². The number of halogens is 2. The second kappa shape index (κ2) is 8.45. The van der Waals surface area contributed by atoms with Crippen molar-refractivity contribution in [3.8, 4) is 0 Å². The van der Waals surface area contributed by atoms with Crippen molar-refractivity contribution in [2.24, 2.45) is 0 Å². The van der Waals surface area contributed by atoms with E-state index in [4.69, 9.17) is 23.2 Å². The molecule has 0 radical (unpaired) electrons. The number of sulfonamides is 1. The molecule has 0 fully saturated rings. The van der Waals surface area contributed by atoms with Crippen molar-refractivity contribution in [1.82, 2.24) is 0 Å². The molecular weight excluding hydrogens is 431 g/mol. The van der Waals surface area contributed by atoms with E-state index >= 15 is 0 Å². The third-order valence-electron chi connectivity index (χ3n) is 4.31. The summed E-state index contributed by atoms with van der Waals surface area (Å²) in [6.07, 6.45) is 0. The summed E-state index contributed by atoms with van der Waals surface area (Å²) >= 11 is 12.0. The molecule has 0 heterocycles. The lowest BCUT2D eigenvalue weighted by Crippen LogP contribution is -2.16. The average molecular weight is 449 g/mol. The Morgan fingerprint density at radius 3 is 2.14 bits per heavy atom. The zero-order chi connectivity index (χ0) is 21.2. The van der Waals surface area contributed by atoms with E-state index in [9.17, 15) is 13.2 Å². The molecule has 3 aromatic carbocycles. The van der Waals surface area contributed by atoms with Crippen LogP contribution in [0.1, 0.15) is 21.5 Å². The first-order chi connectivity index (χ1) is 13.7. The number of rotatable bonds is 5. The van der Waals surface area contributed by atoms with Gasteiger partial charge in [-0.2, -0.15) is 0 Å². The molecule has 3 aromatic rings. The van der Waals surface area contributed by atoms with Crippen molar-refractivity contribution >= 4 is 50.5 Å². The van der Waals surface area contributed by atoms with E-state index in [1.165, 1.54) is 42.5 Å². The molecule has 0 aliphatic carbocycles. The van der Waals surface area contributed by atoms with Gasteiger partial charge in [-0.3, -0.25) is 9.52 Å². The van der Waals surface area contributed by atoms with Crippen LogP contribution in [0.25, 0.3) is 0 Å². The molecule has 0 saturated carbocycles. The van der Waals surface area contributed by atoms with Crippen molar-refractivity contribution in [3.63, 3.8) is 0 Å². The van der Waals surface area contributed by atoms with Crippen LogP contribution in [0.4, 0.5) is 11.4 Å². The standard InChI is InChI=1S/C21H18Cl2N2O3S/c1-13-4-3-5-14(2)20(13)24-21(26)18-12-16(8-11-19(18)23)25-29(27,28)17-9-6-15(22)7-10-17/h3-12,25H,1-2H3,(H,24,26). The van der Waals surface area contributed by atoms with E-state index in [0.717, 1.165) is 11.1 Å². The molecule has 2 N–H and O–H groups in total. The van der Waals surface area contributed by atoms with E-state index in [0.29, 0.717) is 10.7 Å². The Balaban J connectivity index is 1.88. The number of carbonyl (C=O) groups is 1. The summed E-state index contributed by atoms with van der Waals surface area (Å²) in [5.74, 6) is -0.431. The Morgan fingerprint density at radius 1 is 0.897 bits per heavy atom. The molecule has 150 valence electrons. The van der Waals surface area contributed by atoms with Gasteiger partial charge in [0.2, 0.25) is 0 Å². The molecule has 0 aliphatic heterocycles. The SMILES string of the molecule is Cc1cccc(C)c1NC(=O)c1cc(NS(=O)(=O)c2ccc(Cl)cc2)ccc1Cl. The molecule has 0 unspecified atom stereocenters. The van der Waals surface area contributed by atoms with Gasteiger partial charge >= 0.3 is 0 Å². The number of hydrogen-bond acceptors (Lipinski definition) is 3. The zero-order valence-electron chi connectivity index (χ0n) is 15.7. The van der Waals surface area contributed by atoms with Crippen molar-refractivity contribution in [2.75, 3.05) is 10.0 Å². The van der Waals surface area contributed by atoms with Crippen molar-refractivity contribution in [3.05, 3.63) is 87.4 Å². The topological polar surface area (TPSA) is 75.3 Å². The third-order valence-corrected chi connectivity index (χ3v) is 6.29. The molecule has 1 amide bonds. The van der Waals surface area contributed by atoms with Crippen LogP contribution >= 0.6 is 23.2 Å². The molecule has 0 saturated heterocycles. The molecule has 0 spiro atoms. The molecule has 0 bridgehead atoms. The normalized spacial score (nSPS) is 11.2. The Labute approximate surface area is 179 Å². The number of hydrogen-bond donors (Lipinski definition) is 2. The minimum Gasteiger partial charge on any atom is -0.321 e. The quantitative estimate of drug-likeness (QED) is 0.528. The fourth-order valence-electron chi connectivity index (χ4n) is 2.78. The zero-order valence-corrected chi connectivity index (χ0v) is 18.0. The second-order valence-electron chi connectivity index (χ2n) is 6.47. The molecular formula is C21H18Cl2N2O3S. The number of para-hydroxylation sites is 1. The number of amides is 1. The number of benzene rings is 3. The Bertz CT molecular complexity index is 1160. The highest BCUT2D eigenvalue weighted by molar-refractivity contribution is 7.92. The summed E-state index contributed by atoms with van der Waals surface area (Å²) in [5.41, 5.74) is 2.89. The predicted molar refractivity (Wildman–Crippen MR) is 118 cm³/mol. The predicted octanol–water partition coefficient (Wildman–Crippen LogP) is 5.66. The molecule has 8 heteroatoms. The minimum absolute atomic E-state index is 0.0541. The van der Waals surface area contributed by atoms with E-state index in [1.807, 2.05) is 32.0 Å². The monoisotopic (exact) mass is 448 g/mol. The number of carbonyl (C=O) groups excluding carboxylic acids is 1. The highest BCUT2D eigenvalue weighted by Crippen LogP contribution is 2.26. The average Bonchev–Trinajstić information content (AvgIpc) is 2.66. The third kappa shape index (κ3) is 4.90. The lowest BCUT2D eigenvalue weighted by atomic mass is 10.1. The lowest BCUT2D eigenvalue weighted by molar-refractivity contribution is 0.102. The van der Waals surface area contributed by atoms with E-state index in [-0.39, 0.29) is 21.2 Å². The summed E-state index contributed by atoms with van der Waals surface area (Å²) < 4.78 is 27.6. The van der Waals surface area contributed by atoms with Gasteiger partial charge in [0.25, 0.3) is 15.9 Å². The minimum atomic E-state index is -3.84. The maximum atomic E-state index is 12.8. The van der Waals surface area contributed by atoms with Gasteiger partial charge in [0, 0.05) is 16.4 Å². The Hall–Kier alpha value is -2.54. The van der Waals surface area contributed by atoms with Gasteiger partial charge in [-0.25, -0.2) is 8.42 Å². The maximum Gasteiger partial charge on any atom is 0.261 e. The van der Waals surface area contributed by atoms with Crippen LogP contribution in [0.5, 0.6) is 0 Å². The summed E-state index contributed by atoms with van der Waals surface area (Å²) in [7, 11) is -3.84. The first kappa shape index (κ1) is 21.2. The fraction of sp³-hybridized carbons (Fsp3) is 0.0952. The molecule has 0 aliphatic rings. The highest BCUT2D eigenvalue weighted by Gasteiger charge is 2.18. The van der Waals surface area contributed by atoms with Crippen molar-refractivity contribution in [2.45, 2.75) is 18.7 Å². The van der Waals surface area contributed by atoms with Gasteiger partial charge in [-0.15, -0.1) is 0 Å². The molecule has 29 heavy (non-hydrogen) atoms. The largest absolute Gasteiger partial charge is 0.321 e. The summed E-state index contributed by atoms with van der Waals surface area (Å²) in [5, 5.41) is 3.49. The van der Waals surface area contributed by atoms with Gasteiger partial charge in [0.05, 0.1) is 15.5 Å². The van der Waals surface area contributed by atoms with Crippen molar-refractivity contribution < 1.29 is 13.2 Å². The number of aryl methyl sites for hydroxylation is 2. The molecule has 0 aromatic heterocycles. The van der Waals surface area contributed by atoms with E-state index in [2.05, 4.69) is 10.0 Å². The summed E-state index contributed by atoms with van der Waals surface area (Å²) in [6.45, 7) is 3.78. The van der Waals surface area contributed by atoms with Crippen molar-refractivity contribution in [1.29, 1.82) is 0 Å². The molecule has 3 rings (SSSR count). The van der Waals surface area contributed by atoms with Crippen LogP contribution in [0.15, 0.2) is 65.6 Å². The highest BCUT2D eigenvalue weighted by atomic mass is 35.5. The smallest absolute Gasteiger partial charge is 0.261 e. The van der Waals surface area contributed by atoms with E-state index in [1.54, 1.807) is 0 Å². The lowest BCUT2D eigenvalue weighted by Gasteiger charge is -2.14. The molecule has 0 atom stereocenters. The summed E-state index contributed by atoms with van der Waals surface area (Å²) in [6, 6.07) is 15.8. The Kier molecular flexibility index (Phi) is 6.17.